The smallest absolute Gasteiger partial charge is 0.125 e. The number of benzene rings is 1. The van der Waals surface area contributed by atoms with Gasteiger partial charge < -0.3 is 15.0 Å². The van der Waals surface area contributed by atoms with Crippen molar-refractivity contribution in [2.75, 3.05) is 20.1 Å². The fourth-order valence-corrected chi connectivity index (χ4v) is 2.75. The van der Waals surface area contributed by atoms with Crippen molar-refractivity contribution in [3.63, 3.8) is 0 Å². The third-order valence-electron chi connectivity index (χ3n) is 3.82. The molecule has 3 heteroatoms. The Labute approximate surface area is 101 Å². The summed E-state index contributed by atoms with van der Waals surface area (Å²) in [5.74, 6) is 0.410. The topological polar surface area (TPSA) is 39.3 Å². The molecule has 1 aliphatic rings. The van der Waals surface area contributed by atoms with Crippen LogP contribution >= 0.6 is 0 Å². The predicted molar refractivity (Wildman–Crippen MR) is 69.6 cm³/mol. The molecule has 0 spiro atoms. The number of likely N-dealkylation sites (N-methyl/N-ethyl adjacent to an activating group) is 1. The second kappa shape index (κ2) is 3.77. The highest BCUT2D eigenvalue weighted by molar-refractivity contribution is 5.92. The van der Waals surface area contributed by atoms with Crippen LogP contribution in [0.4, 0.5) is 0 Å². The summed E-state index contributed by atoms with van der Waals surface area (Å²) >= 11 is 0. The summed E-state index contributed by atoms with van der Waals surface area (Å²) in [6, 6.07) is 3.78. The molecule has 90 valence electrons. The Kier molecular flexibility index (Phi) is 2.37. The highest BCUT2D eigenvalue weighted by Gasteiger charge is 2.19. The van der Waals surface area contributed by atoms with Gasteiger partial charge in [0.1, 0.15) is 5.75 Å². The van der Waals surface area contributed by atoms with Gasteiger partial charge in [0.05, 0.1) is 5.52 Å². The fraction of sp³-hybridized carbons (Fsp3) is 0.429. The lowest BCUT2D eigenvalue weighted by molar-refractivity contribution is 0.352. The van der Waals surface area contributed by atoms with Crippen molar-refractivity contribution in [2.24, 2.45) is 0 Å². The lowest BCUT2D eigenvalue weighted by Crippen LogP contribution is -2.21. The summed E-state index contributed by atoms with van der Waals surface area (Å²) in [5, 5.41) is 11.1. The lowest BCUT2D eigenvalue weighted by Gasteiger charge is -2.11. The number of hydrogen-bond acceptors (Lipinski definition) is 2. The molecule has 2 N–H and O–H groups in total. The van der Waals surface area contributed by atoms with Crippen LogP contribution in [-0.2, 0) is 12.8 Å². The number of phenolic OH excluding ortho intramolecular Hbond substituents is 1. The highest BCUT2D eigenvalue weighted by Crippen LogP contribution is 2.34. The van der Waals surface area contributed by atoms with Crippen LogP contribution in [0.25, 0.3) is 10.9 Å². The Morgan fingerprint density at radius 2 is 2.00 bits per heavy atom. The van der Waals surface area contributed by atoms with E-state index in [2.05, 4.69) is 23.9 Å². The Hall–Kier alpha value is -1.48. The number of phenols is 1. The van der Waals surface area contributed by atoms with E-state index in [1.807, 2.05) is 6.07 Å². The molecule has 0 aliphatic carbocycles. The lowest BCUT2D eigenvalue weighted by atomic mass is 10.0. The van der Waals surface area contributed by atoms with Gasteiger partial charge in [0.2, 0.25) is 0 Å². The first-order chi connectivity index (χ1) is 8.16. The minimum atomic E-state index is 0.410. The molecular weight excluding hydrogens is 212 g/mol. The summed E-state index contributed by atoms with van der Waals surface area (Å²) < 4.78 is 0. The molecule has 1 aliphatic heterocycles. The van der Waals surface area contributed by atoms with E-state index >= 15 is 0 Å². The van der Waals surface area contributed by atoms with Gasteiger partial charge in [0.15, 0.2) is 0 Å². The number of fused-ring (bicyclic) bond motifs is 3. The van der Waals surface area contributed by atoms with Gasteiger partial charge in [-0.15, -0.1) is 0 Å². The molecule has 0 bridgehead atoms. The molecule has 3 nitrogen and oxygen atoms in total. The Bertz CT molecular complexity index is 571. The SMILES string of the molecule is Cc1ccc(O)c2c3c([nH]c12)CCN(C)CC3. The van der Waals surface area contributed by atoms with E-state index in [-0.39, 0.29) is 0 Å². The first-order valence-corrected chi connectivity index (χ1v) is 6.17. The van der Waals surface area contributed by atoms with E-state index in [9.17, 15) is 5.11 Å². The quantitative estimate of drug-likeness (QED) is 0.728. The van der Waals surface area contributed by atoms with E-state index in [4.69, 9.17) is 0 Å². The van der Waals surface area contributed by atoms with E-state index in [1.54, 1.807) is 6.07 Å². The number of aromatic hydroxyl groups is 1. The van der Waals surface area contributed by atoms with E-state index < -0.39 is 0 Å². The van der Waals surface area contributed by atoms with Crippen LogP contribution < -0.4 is 0 Å². The number of hydrogen-bond donors (Lipinski definition) is 2. The second-order valence-electron chi connectivity index (χ2n) is 5.04. The number of nitrogens with zero attached hydrogens (tertiary/aromatic N) is 1. The summed E-state index contributed by atoms with van der Waals surface area (Å²) in [4.78, 5) is 5.84. The molecule has 0 unspecified atom stereocenters. The molecule has 0 atom stereocenters. The highest BCUT2D eigenvalue weighted by atomic mass is 16.3. The van der Waals surface area contributed by atoms with Gasteiger partial charge in [-0.25, -0.2) is 0 Å². The summed E-state index contributed by atoms with van der Waals surface area (Å²) in [5.41, 5.74) is 4.93. The standard InChI is InChI=1S/C14H18N2O/c1-9-3-4-12(17)13-10-5-7-16(2)8-6-11(10)15-14(9)13/h3-4,15,17H,5-8H2,1-2H3. The number of aromatic amines is 1. The summed E-state index contributed by atoms with van der Waals surface area (Å²) in [6.07, 6.45) is 2.06. The molecule has 0 amide bonds. The third kappa shape index (κ3) is 1.62. The minimum absolute atomic E-state index is 0.410. The zero-order valence-corrected chi connectivity index (χ0v) is 10.4. The first kappa shape index (κ1) is 10.7. The largest absolute Gasteiger partial charge is 0.507 e. The van der Waals surface area contributed by atoms with Crippen molar-refractivity contribution in [3.8, 4) is 5.75 Å². The minimum Gasteiger partial charge on any atom is -0.507 e. The molecule has 17 heavy (non-hydrogen) atoms. The number of H-pyrrole nitrogens is 1. The van der Waals surface area contributed by atoms with Crippen molar-refractivity contribution in [3.05, 3.63) is 29.0 Å². The van der Waals surface area contributed by atoms with Gasteiger partial charge in [-0.05, 0) is 37.6 Å². The zero-order chi connectivity index (χ0) is 12.0. The zero-order valence-electron chi connectivity index (χ0n) is 10.4. The van der Waals surface area contributed by atoms with Crippen LogP contribution in [0.1, 0.15) is 16.8 Å². The monoisotopic (exact) mass is 230 g/mol. The van der Waals surface area contributed by atoms with Gasteiger partial charge in [0, 0.05) is 30.6 Å². The van der Waals surface area contributed by atoms with Crippen molar-refractivity contribution in [1.82, 2.24) is 9.88 Å². The number of nitrogens with one attached hydrogen (secondary N) is 1. The van der Waals surface area contributed by atoms with Crippen molar-refractivity contribution < 1.29 is 5.11 Å². The third-order valence-corrected chi connectivity index (χ3v) is 3.82. The van der Waals surface area contributed by atoms with Gasteiger partial charge in [-0.1, -0.05) is 6.07 Å². The van der Waals surface area contributed by atoms with Crippen molar-refractivity contribution >= 4 is 10.9 Å². The van der Waals surface area contributed by atoms with Crippen molar-refractivity contribution in [2.45, 2.75) is 19.8 Å². The summed E-state index contributed by atoms with van der Waals surface area (Å²) in [7, 11) is 2.15. The number of rotatable bonds is 0. The van der Waals surface area contributed by atoms with Crippen LogP contribution in [0.3, 0.4) is 0 Å². The molecule has 1 aromatic heterocycles. The maximum Gasteiger partial charge on any atom is 0.125 e. The van der Waals surface area contributed by atoms with Crippen LogP contribution in [0.5, 0.6) is 5.75 Å². The molecular formula is C14H18N2O. The van der Waals surface area contributed by atoms with Crippen molar-refractivity contribution in [1.29, 1.82) is 0 Å². The Balaban J connectivity index is 2.24. The second-order valence-corrected chi connectivity index (χ2v) is 5.04. The molecule has 2 aromatic rings. The van der Waals surface area contributed by atoms with E-state index in [0.29, 0.717) is 5.75 Å². The predicted octanol–water partition coefficient (Wildman–Crippen LogP) is 2.21. The van der Waals surface area contributed by atoms with Gasteiger partial charge in [-0.2, -0.15) is 0 Å². The molecule has 3 rings (SSSR count). The van der Waals surface area contributed by atoms with Crippen LogP contribution in [0.2, 0.25) is 0 Å². The van der Waals surface area contributed by atoms with Crippen LogP contribution in [0, 0.1) is 6.92 Å². The average molecular weight is 230 g/mol. The van der Waals surface area contributed by atoms with Gasteiger partial charge >= 0.3 is 0 Å². The molecule has 1 aromatic carbocycles. The molecule has 2 heterocycles. The van der Waals surface area contributed by atoms with Crippen LogP contribution in [-0.4, -0.2) is 35.1 Å². The van der Waals surface area contributed by atoms with Crippen LogP contribution in [0.15, 0.2) is 12.1 Å². The Morgan fingerprint density at radius 3 is 2.82 bits per heavy atom. The Morgan fingerprint density at radius 1 is 1.24 bits per heavy atom. The molecule has 0 saturated heterocycles. The van der Waals surface area contributed by atoms with Gasteiger partial charge in [-0.3, -0.25) is 0 Å². The van der Waals surface area contributed by atoms with Gasteiger partial charge in [0.25, 0.3) is 0 Å². The number of aromatic nitrogens is 1. The maximum atomic E-state index is 10.1. The molecule has 0 fully saturated rings. The first-order valence-electron chi connectivity index (χ1n) is 6.17. The van der Waals surface area contributed by atoms with E-state index in [1.165, 1.54) is 16.8 Å². The molecule has 0 radical (unpaired) electrons. The number of aryl methyl sites for hydroxylation is 1. The fourth-order valence-electron chi connectivity index (χ4n) is 2.75. The maximum absolute atomic E-state index is 10.1. The van der Waals surface area contributed by atoms with E-state index in [0.717, 1.165) is 36.8 Å². The average Bonchev–Trinajstić information content (AvgIpc) is 2.59. The summed E-state index contributed by atoms with van der Waals surface area (Å²) in [6.45, 7) is 4.23. The molecule has 0 saturated carbocycles. The normalized spacial score (nSPS) is 17.1.